The normalized spacial score (nSPS) is 10.5. The summed E-state index contributed by atoms with van der Waals surface area (Å²) in [6.45, 7) is 0. The first kappa shape index (κ1) is 8.91. The summed E-state index contributed by atoms with van der Waals surface area (Å²) in [7, 11) is 0. The molecule has 0 bridgehead atoms. The van der Waals surface area contributed by atoms with Crippen LogP contribution in [0.2, 0.25) is 0 Å². The van der Waals surface area contributed by atoms with Crippen LogP contribution in [0.1, 0.15) is 0 Å². The lowest BCUT2D eigenvalue weighted by Crippen LogP contribution is -2.02. The van der Waals surface area contributed by atoms with Crippen LogP contribution in [0.3, 0.4) is 0 Å². The van der Waals surface area contributed by atoms with E-state index in [0.29, 0.717) is 0 Å². The Morgan fingerprint density at radius 1 is 1.06 bits per heavy atom. The summed E-state index contributed by atoms with van der Waals surface area (Å²) in [6, 6.07) is 9.74. The molecule has 0 saturated heterocycles. The van der Waals surface area contributed by atoms with Gasteiger partial charge in [-0.1, -0.05) is 18.2 Å². The Morgan fingerprint density at radius 2 is 2.00 bits per heavy atom. The average molecular weight is 211 g/mol. The van der Waals surface area contributed by atoms with Gasteiger partial charge in [-0.2, -0.15) is 4.73 Å². The molecular weight excluding hydrogens is 202 g/mol. The van der Waals surface area contributed by atoms with Crippen molar-refractivity contribution in [3.05, 3.63) is 55.2 Å². The van der Waals surface area contributed by atoms with E-state index in [4.69, 9.17) is 4.84 Å². The molecule has 0 radical (unpaired) electrons. The van der Waals surface area contributed by atoms with E-state index in [1.807, 2.05) is 30.3 Å². The molecule has 4 heteroatoms. The molecule has 0 N–H and O–H groups in total. The summed E-state index contributed by atoms with van der Waals surface area (Å²) in [5.74, 6) is 0.719. The molecule has 0 fully saturated rings. The molecule has 0 saturated carbocycles. The number of imidazole rings is 1. The van der Waals surface area contributed by atoms with Crippen molar-refractivity contribution in [1.82, 2.24) is 14.7 Å². The van der Waals surface area contributed by atoms with Gasteiger partial charge in [0.25, 0.3) is 0 Å². The molecule has 0 aliphatic carbocycles. The largest absolute Gasteiger partial charge is 0.372 e. The highest BCUT2D eigenvalue weighted by Crippen LogP contribution is 2.22. The van der Waals surface area contributed by atoms with E-state index in [-0.39, 0.29) is 0 Å². The summed E-state index contributed by atoms with van der Waals surface area (Å²) < 4.78 is 1.55. The lowest BCUT2D eigenvalue weighted by Gasteiger charge is -2.07. The van der Waals surface area contributed by atoms with E-state index in [1.54, 1.807) is 29.6 Å². The Kier molecular flexibility index (Phi) is 2.04. The van der Waals surface area contributed by atoms with Gasteiger partial charge in [-0.05, 0) is 12.1 Å². The average Bonchev–Trinajstić information content (AvgIpc) is 2.82. The first-order valence-corrected chi connectivity index (χ1v) is 4.93. The molecule has 2 heterocycles. The predicted molar refractivity (Wildman–Crippen MR) is 60.0 cm³/mol. The maximum Gasteiger partial charge on any atom is 0.182 e. The van der Waals surface area contributed by atoms with Crippen molar-refractivity contribution in [1.29, 1.82) is 0 Å². The number of hydrogen-bond donors (Lipinski definition) is 0. The zero-order valence-electron chi connectivity index (χ0n) is 8.45. The number of rotatable bonds is 2. The molecule has 0 unspecified atom stereocenters. The summed E-state index contributed by atoms with van der Waals surface area (Å²) in [5.41, 5.74) is 0.846. The van der Waals surface area contributed by atoms with Crippen LogP contribution in [-0.4, -0.2) is 14.7 Å². The lowest BCUT2D eigenvalue weighted by molar-refractivity contribution is 0.218. The minimum Gasteiger partial charge on any atom is -0.372 e. The smallest absolute Gasteiger partial charge is 0.182 e. The number of fused-ring (bicyclic) bond motifs is 1. The van der Waals surface area contributed by atoms with E-state index in [0.717, 1.165) is 16.7 Å². The van der Waals surface area contributed by atoms with E-state index < -0.39 is 0 Å². The van der Waals surface area contributed by atoms with Crippen LogP contribution in [0, 0.1) is 0 Å². The fourth-order valence-electron chi connectivity index (χ4n) is 1.56. The van der Waals surface area contributed by atoms with Crippen molar-refractivity contribution in [3.8, 4) is 5.75 Å². The zero-order chi connectivity index (χ0) is 10.8. The Labute approximate surface area is 92.1 Å². The molecule has 78 valence electrons. The number of nitrogens with zero attached hydrogens (tertiary/aromatic N) is 3. The van der Waals surface area contributed by atoms with Gasteiger partial charge in [0.1, 0.15) is 11.8 Å². The van der Waals surface area contributed by atoms with Crippen molar-refractivity contribution in [2.45, 2.75) is 0 Å². The molecule has 16 heavy (non-hydrogen) atoms. The van der Waals surface area contributed by atoms with Crippen LogP contribution in [-0.2, 0) is 0 Å². The van der Waals surface area contributed by atoms with Crippen LogP contribution in [0.25, 0.3) is 10.9 Å². The van der Waals surface area contributed by atoms with Crippen LogP contribution in [0.4, 0.5) is 0 Å². The second-order valence-electron chi connectivity index (χ2n) is 3.35. The van der Waals surface area contributed by atoms with E-state index in [9.17, 15) is 0 Å². The Morgan fingerprint density at radius 3 is 2.88 bits per heavy atom. The summed E-state index contributed by atoms with van der Waals surface area (Å²) in [6.07, 6.45) is 6.76. The molecule has 2 aromatic heterocycles. The zero-order valence-corrected chi connectivity index (χ0v) is 8.45. The standard InChI is InChI=1S/C12H9N3O/c1-3-10-4-2-6-14-12(10)11(5-1)16-15-8-7-13-9-15/h1-9H. The van der Waals surface area contributed by atoms with Crippen molar-refractivity contribution in [3.63, 3.8) is 0 Å². The molecule has 0 spiro atoms. The van der Waals surface area contributed by atoms with Gasteiger partial charge in [-0.15, -0.1) is 0 Å². The summed E-state index contributed by atoms with van der Waals surface area (Å²) in [4.78, 5) is 13.8. The van der Waals surface area contributed by atoms with E-state index in [1.165, 1.54) is 0 Å². The summed E-state index contributed by atoms with van der Waals surface area (Å²) in [5, 5.41) is 1.06. The van der Waals surface area contributed by atoms with Gasteiger partial charge in [0.05, 0.1) is 6.20 Å². The van der Waals surface area contributed by atoms with Crippen molar-refractivity contribution >= 4 is 10.9 Å². The number of aromatic nitrogens is 3. The lowest BCUT2D eigenvalue weighted by atomic mass is 10.2. The maximum atomic E-state index is 5.62. The van der Waals surface area contributed by atoms with Gasteiger partial charge in [0.15, 0.2) is 5.75 Å². The molecule has 0 aliphatic heterocycles. The Bertz CT molecular complexity index is 599. The molecule has 0 amide bonds. The van der Waals surface area contributed by atoms with Crippen LogP contribution < -0.4 is 4.84 Å². The minimum absolute atomic E-state index is 0.719. The maximum absolute atomic E-state index is 5.62. The number of benzene rings is 1. The molecular formula is C12H9N3O. The first-order chi connectivity index (χ1) is 7.93. The van der Waals surface area contributed by atoms with Crippen LogP contribution in [0.15, 0.2) is 55.2 Å². The quantitative estimate of drug-likeness (QED) is 0.652. The monoisotopic (exact) mass is 211 g/mol. The molecule has 0 aliphatic rings. The van der Waals surface area contributed by atoms with Crippen LogP contribution >= 0.6 is 0 Å². The third-order valence-corrected chi connectivity index (χ3v) is 2.28. The molecule has 4 nitrogen and oxygen atoms in total. The van der Waals surface area contributed by atoms with Gasteiger partial charge in [-0.3, -0.25) is 4.98 Å². The summed E-state index contributed by atoms with van der Waals surface area (Å²) >= 11 is 0. The van der Waals surface area contributed by atoms with Crippen molar-refractivity contribution in [2.24, 2.45) is 0 Å². The molecule has 1 aromatic carbocycles. The van der Waals surface area contributed by atoms with Gasteiger partial charge >= 0.3 is 0 Å². The molecule has 0 atom stereocenters. The van der Waals surface area contributed by atoms with Gasteiger partial charge in [0.2, 0.25) is 0 Å². The first-order valence-electron chi connectivity index (χ1n) is 4.93. The van der Waals surface area contributed by atoms with Crippen molar-refractivity contribution < 1.29 is 4.84 Å². The SMILES string of the molecule is c1cnc2c(On3ccnc3)cccc2c1. The van der Waals surface area contributed by atoms with Crippen molar-refractivity contribution in [2.75, 3.05) is 0 Å². The third-order valence-electron chi connectivity index (χ3n) is 2.28. The van der Waals surface area contributed by atoms with Gasteiger partial charge in [-0.25, -0.2) is 4.98 Å². The highest BCUT2D eigenvalue weighted by atomic mass is 16.7. The van der Waals surface area contributed by atoms with Gasteiger partial charge in [0, 0.05) is 17.8 Å². The molecule has 3 aromatic rings. The minimum atomic E-state index is 0.719. The number of para-hydroxylation sites is 1. The van der Waals surface area contributed by atoms with E-state index >= 15 is 0 Å². The number of pyridine rings is 1. The highest BCUT2D eigenvalue weighted by Gasteiger charge is 2.03. The number of hydrogen-bond acceptors (Lipinski definition) is 3. The second kappa shape index (κ2) is 3.66. The highest BCUT2D eigenvalue weighted by molar-refractivity contribution is 5.84. The Hall–Kier alpha value is -2.36. The molecule has 3 rings (SSSR count). The predicted octanol–water partition coefficient (Wildman–Crippen LogP) is 2.27. The van der Waals surface area contributed by atoms with Crippen LogP contribution in [0.5, 0.6) is 5.75 Å². The van der Waals surface area contributed by atoms with Gasteiger partial charge < -0.3 is 4.84 Å². The Balaban J connectivity index is 2.10. The second-order valence-corrected chi connectivity index (χ2v) is 3.35. The fourth-order valence-corrected chi connectivity index (χ4v) is 1.56. The third kappa shape index (κ3) is 1.50. The fraction of sp³-hybridized carbons (Fsp3) is 0. The topological polar surface area (TPSA) is 39.9 Å². The van der Waals surface area contributed by atoms with E-state index in [2.05, 4.69) is 9.97 Å².